The van der Waals surface area contributed by atoms with Crippen LogP contribution in [0.4, 0.5) is 0 Å². The highest BCUT2D eigenvalue weighted by molar-refractivity contribution is 8.76. The smallest absolute Gasteiger partial charge is 0.119 e. The second-order valence-corrected chi connectivity index (χ2v) is 13.0. The fourth-order valence-corrected chi connectivity index (χ4v) is 9.87. The van der Waals surface area contributed by atoms with Crippen molar-refractivity contribution in [2.45, 2.75) is 88.7 Å². The number of ether oxygens (including phenoxy) is 1. The van der Waals surface area contributed by atoms with Crippen molar-refractivity contribution in [1.82, 2.24) is 0 Å². The van der Waals surface area contributed by atoms with Crippen molar-refractivity contribution in [3.63, 3.8) is 0 Å². The van der Waals surface area contributed by atoms with Gasteiger partial charge in [0.25, 0.3) is 0 Å². The largest absolute Gasteiger partial charge is 0.494 e. The Kier molecular flexibility index (Phi) is 6.73. The SMILES string of the molecule is CC1CCC(SSCCCOc2ccc3c(c2)CCC2C3CCC3CCCC32)C1. The van der Waals surface area contributed by atoms with Gasteiger partial charge in [-0.2, -0.15) is 0 Å². The van der Waals surface area contributed by atoms with Crippen LogP contribution in [0.1, 0.15) is 88.2 Å². The third kappa shape index (κ3) is 4.66. The predicted molar refractivity (Wildman–Crippen MR) is 128 cm³/mol. The number of fused-ring (bicyclic) bond motifs is 5. The molecule has 6 atom stereocenters. The van der Waals surface area contributed by atoms with Crippen LogP contribution in [0.15, 0.2) is 18.2 Å². The van der Waals surface area contributed by atoms with Crippen molar-refractivity contribution in [2.24, 2.45) is 23.7 Å². The molecule has 0 N–H and O–H groups in total. The van der Waals surface area contributed by atoms with Gasteiger partial charge in [-0.25, -0.2) is 0 Å². The van der Waals surface area contributed by atoms with Gasteiger partial charge in [-0.3, -0.25) is 0 Å². The van der Waals surface area contributed by atoms with Crippen molar-refractivity contribution in [2.75, 3.05) is 12.4 Å². The van der Waals surface area contributed by atoms with Crippen LogP contribution in [0.3, 0.4) is 0 Å². The Morgan fingerprint density at radius 2 is 1.97 bits per heavy atom. The van der Waals surface area contributed by atoms with Gasteiger partial charge < -0.3 is 4.74 Å². The van der Waals surface area contributed by atoms with Crippen molar-refractivity contribution >= 4 is 21.6 Å². The molecule has 29 heavy (non-hydrogen) atoms. The summed E-state index contributed by atoms with van der Waals surface area (Å²) in [6, 6.07) is 7.08. The maximum atomic E-state index is 6.14. The normalized spacial score (nSPS) is 35.8. The third-order valence-electron chi connectivity index (χ3n) is 8.39. The molecule has 4 aliphatic carbocycles. The van der Waals surface area contributed by atoms with E-state index in [2.05, 4.69) is 46.7 Å². The highest BCUT2D eigenvalue weighted by Crippen LogP contribution is 2.55. The first kappa shape index (κ1) is 20.6. The molecular formula is C26H38OS2. The average molecular weight is 431 g/mol. The summed E-state index contributed by atoms with van der Waals surface area (Å²) in [5, 5.41) is 0.902. The zero-order valence-corrected chi connectivity index (χ0v) is 19.7. The lowest BCUT2D eigenvalue weighted by atomic mass is 9.61. The molecule has 0 aliphatic heterocycles. The Balaban J connectivity index is 1.08. The molecule has 0 saturated heterocycles. The molecule has 3 saturated carbocycles. The molecule has 0 radical (unpaired) electrons. The van der Waals surface area contributed by atoms with E-state index in [4.69, 9.17) is 4.74 Å². The molecule has 1 aromatic rings. The number of benzene rings is 1. The maximum Gasteiger partial charge on any atom is 0.119 e. The lowest BCUT2D eigenvalue weighted by molar-refractivity contribution is 0.136. The molecule has 1 aromatic carbocycles. The second kappa shape index (κ2) is 9.47. The van der Waals surface area contributed by atoms with E-state index in [1.54, 1.807) is 11.1 Å². The van der Waals surface area contributed by atoms with Crippen LogP contribution >= 0.6 is 21.6 Å². The van der Waals surface area contributed by atoms with Gasteiger partial charge in [0.15, 0.2) is 0 Å². The highest BCUT2D eigenvalue weighted by Gasteiger charge is 2.43. The first-order valence-electron chi connectivity index (χ1n) is 12.3. The Labute approximate surface area is 185 Å². The Morgan fingerprint density at radius 3 is 2.86 bits per heavy atom. The van der Waals surface area contributed by atoms with Gasteiger partial charge in [0.1, 0.15) is 5.75 Å². The molecule has 3 fully saturated rings. The summed E-state index contributed by atoms with van der Waals surface area (Å²) in [6.45, 7) is 3.26. The molecule has 160 valence electrons. The predicted octanol–water partition coefficient (Wildman–Crippen LogP) is 7.88. The van der Waals surface area contributed by atoms with Gasteiger partial charge >= 0.3 is 0 Å². The molecule has 0 spiro atoms. The molecular weight excluding hydrogens is 392 g/mol. The minimum absolute atomic E-state index is 0.846. The number of hydrogen-bond donors (Lipinski definition) is 0. The average Bonchev–Trinajstić information content (AvgIpc) is 3.38. The zero-order chi connectivity index (χ0) is 19.6. The first-order valence-corrected chi connectivity index (χ1v) is 14.7. The molecule has 3 heteroatoms. The van der Waals surface area contributed by atoms with Gasteiger partial charge in [0, 0.05) is 11.0 Å². The molecule has 0 aromatic heterocycles. The van der Waals surface area contributed by atoms with Gasteiger partial charge in [-0.1, -0.05) is 47.4 Å². The first-order chi connectivity index (χ1) is 14.3. The number of rotatable bonds is 7. The Morgan fingerprint density at radius 1 is 1.00 bits per heavy atom. The van der Waals surface area contributed by atoms with Gasteiger partial charge in [-0.05, 0) is 111 Å². The summed E-state index contributed by atoms with van der Waals surface area (Å²) in [5.41, 5.74) is 3.28. The minimum Gasteiger partial charge on any atom is -0.494 e. The van der Waals surface area contributed by atoms with Crippen LogP contribution in [0.2, 0.25) is 0 Å². The summed E-state index contributed by atoms with van der Waals surface area (Å²) < 4.78 is 6.14. The molecule has 6 unspecified atom stereocenters. The van der Waals surface area contributed by atoms with Gasteiger partial charge in [-0.15, -0.1) is 0 Å². The molecule has 4 aliphatic rings. The molecule has 5 rings (SSSR count). The van der Waals surface area contributed by atoms with E-state index in [9.17, 15) is 0 Å². The number of hydrogen-bond acceptors (Lipinski definition) is 3. The summed E-state index contributed by atoms with van der Waals surface area (Å²) in [5.74, 6) is 7.20. The molecule has 0 amide bonds. The quantitative estimate of drug-likeness (QED) is 0.321. The van der Waals surface area contributed by atoms with E-state index in [-0.39, 0.29) is 0 Å². The zero-order valence-electron chi connectivity index (χ0n) is 18.1. The molecule has 0 bridgehead atoms. The summed E-state index contributed by atoms with van der Waals surface area (Å²) in [7, 11) is 4.20. The van der Waals surface area contributed by atoms with E-state index in [0.29, 0.717) is 0 Å². The van der Waals surface area contributed by atoms with Crippen LogP contribution in [0.25, 0.3) is 0 Å². The Bertz CT molecular complexity index is 689. The third-order valence-corrected chi connectivity index (χ3v) is 11.4. The van der Waals surface area contributed by atoms with Crippen LogP contribution in [-0.4, -0.2) is 17.6 Å². The van der Waals surface area contributed by atoms with Crippen molar-refractivity contribution < 1.29 is 4.74 Å². The van der Waals surface area contributed by atoms with Crippen molar-refractivity contribution in [1.29, 1.82) is 0 Å². The topological polar surface area (TPSA) is 9.23 Å². The standard InChI is InChI=1S/C26H38OS2/c1-18-6-10-22(16-18)29-28-15-3-14-27-21-9-13-24-20(17-21)8-12-25-23-5-2-4-19(23)7-11-26(24)25/h9,13,17-19,22-23,25-26H,2-8,10-12,14-16H2,1H3. The fourth-order valence-electron chi connectivity index (χ4n) is 6.96. The molecule has 1 nitrogen and oxygen atoms in total. The lowest BCUT2D eigenvalue weighted by Crippen LogP contribution is -2.34. The summed E-state index contributed by atoms with van der Waals surface area (Å²) in [6.07, 6.45) is 15.6. The van der Waals surface area contributed by atoms with E-state index in [1.807, 2.05) is 0 Å². The van der Waals surface area contributed by atoms with E-state index in [1.165, 1.54) is 70.0 Å². The Hall–Kier alpha value is -0.280. The van der Waals surface area contributed by atoms with Crippen LogP contribution < -0.4 is 4.74 Å². The highest BCUT2D eigenvalue weighted by atomic mass is 33.1. The van der Waals surface area contributed by atoms with Crippen molar-refractivity contribution in [3.8, 4) is 5.75 Å². The van der Waals surface area contributed by atoms with Crippen LogP contribution in [0, 0.1) is 23.7 Å². The van der Waals surface area contributed by atoms with Gasteiger partial charge in [0.2, 0.25) is 0 Å². The van der Waals surface area contributed by atoms with E-state index in [0.717, 1.165) is 53.6 Å². The van der Waals surface area contributed by atoms with Gasteiger partial charge in [0.05, 0.1) is 6.61 Å². The minimum atomic E-state index is 0.846. The lowest BCUT2D eigenvalue weighted by Gasteiger charge is -2.44. The van der Waals surface area contributed by atoms with Crippen molar-refractivity contribution in [3.05, 3.63) is 29.3 Å². The monoisotopic (exact) mass is 430 g/mol. The van der Waals surface area contributed by atoms with E-state index >= 15 is 0 Å². The second-order valence-electron chi connectivity index (χ2n) is 10.3. The number of aryl methyl sites for hydroxylation is 1. The summed E-state index contributed by atoms with van der Waals surface area (Å²) >= 11 is 0. The van der Waals surface area contributed by atoms with Crippen LogP contribution in [-0.2, 0) is 6.42 Å². The summed E-state index contributed by atoms with van der Waals surface area (Å²) in [4.78, 5) is 0. The molecule has 0 heterocycles. The van der Waals surface area contributed by atoms with Crippen LogP contribution in [0.5, 0.6) is 5.75 Å². The fraction of sp³-hybridized carbons (Fsp3) is 0.769. The van der Waals surface area contributed by atoms with E-state index < -0.39 is 0 Å². The maximum absolute atomic E-state index is 6.14.